The van der Waals surface area contributed by atoms with Crippen LogP contribution in [-0.4, -0.2) is 43.5 Å². The van der Waals surface area contributed by atoms with Crippen molar-refractivity contribution in [3.8, 4) is 11.3 Å². The maximum atomic E-state index is 12.5. The molecule has 4 aromatic rings. The minimum absolute atomic E-state index is 0.0154. The van der Waals surface area contributed by atoms with E-state index in [-0.39, 0.29) is 11.4 Å². The summed E-state index contributed by atoms with van der Waals surface area (Å²) in [5, 5.41) is 19.5. The molecular weight excluding hydrogens is 406 g/mol. The first-order chi connectivity index (χ1) is 15.2. The lowest BCUT2D eigenvalue weighted by molar-refractivity contribution is 0.0973. The van der Waals surface area contributed by atoms with Gasteiger partial charge in [-0.05, 0) is 45.2 Å². The number of nitrogen functional groups attached to an aromatic ring is 1. The van der Waals surface area contributed by atoms with Gasteiger partial charge in [-0.1, -0.05) is 12.1 Å². The molecule has 0 aliphatic rings. The Bertz CT molecular complexity index is 1370. The second-order valence-electron chi connectivity index (χ2n) is 8.36. The zero-order valence-electron chi connectivity index (χ0n) is 18.3. The Morgan fingerprint density at radius 3 is 2.75 bits per heavy atom. The van der Waals surface area contributed by atoms with Crippen molar-refractivity contribution >= 4 is 39.5 Å². The predicted octanol–water partition coefficient (Wildman–Crippen LogP) is 2.75. The molecule has 1 aromatic carbocycles. The van der Waals surface area contributed by atoms with Crippen LogP contribution in [0.3, 0.4) is 0 Å². The molecule has 0 bridgehead atoms. The third-order valence-electron chi connectivity index (χ3n) is 4.93. The van der Waals surface area contributed by atoms with E-state index in [4.69, 9.17) is 16.2 Å². The molecule has 0 saturated carbocycles. The number of benzene rings is 1. The smallest absolute Gasteiger partial charge is 0.273 e. The number of nitrogens with zero attached hydrogens (tertiary/aromatic N) is 4. The highest BCUT2D eigenvalue weighted by atomic mass is 16.1. The van der Waals surface area contributed by atoms with Crippen LogP contribution in [0.1, 0.15) is 31.3 Å². The molecule has 6 N–H and O–H groups in total. The van der Waals surface area contributed by atoms with E-state index in [1.54, 1.807) is 19.3 Å². The summed E-state index contributed by atoms with van der Waals surface area (Å²) in [7, 11) is 1.72. The predicted molar refractivity (Wildman–Crippen MR) is 125 cm³/mol. The van der Waals surface area contributed by atoms with E-state index in [9.17, 15) is 4.79 Å². The van der Waals surface area contributed by atoms with Crippen molar-refractivity contribution < 1.29 is 4.79 Å². The topological polar surface area (TPSA) is 150 Å². The number of fused-ring (bicyclic) bond motifs is 2. The van der Waals surface area contributed by atoms with Crippen LogP contribution in [0, 0.1) is 5.41 Å². The number of aromatic nitrogens is 5. The standard InChI is InChI=1S/C22H25N9O/c1-22(2,3)31-20-17(19(24)26-11-27-20)18(30-31)13-6-5-12-9-15(28-14(12)10-13)21(32)29-16(23)7-8-25-4/h5-11,25,28H,1-4H3,(H2,23,29,32)(H2,24,26,27)/b8-7-. The van der Waals surface area contributed by atoms with Crippen molar-refractivity contribution in [1.29, 1.82) is 5.41 Å². The highest BCUT2D eigenvalue weighted by molar-refractivity contribution is 6.10. The van der Waals surface area contributed by atoms with Crippen LogP contribution in [0.15, 0.2) is 42.9 Å². The third kappa shape index (κ3) is 3.78. The molecule has 0 spiro atoms. The second kappa shape index (κ2) is 7.80. The molecule has 0 atom stereocenters. The summed E-state index contributed by atoms with van der Waals surface area (Å²) in [6, 6.07) is 7.50. The van der Waals surface area contributed by atoms with Gasteiger partial charge in [0.25, 0.3) is 5.91 Å². The molecule has 10 heteroatoms. The molecule has 10 nitrogen and oxygen atoms in total. The van der Waals surface area contributed by atoms with Gasteiger partial charge < -0.3 is 21.4 Å². The number of hydrogen-bond acceptors (Lipinski definition) is 7. The number of hydrogen-bond donors (Lipinski definition) is 5. The minimum Gasteiger partial charge on any atom is -0.394 e. The molecule has 3 aromatic heterocycles. The van der Waals surface area contributed by atoms with E-state index in [1.807, 2.05) is 43.7 Å². The van der Waals surface area contributed by atoms with Gasteiger partial charge >= 0.3 is 0 Å². The van der Waals surface area contributed by atoms with Gasteiger partial charge in [-0.15, -0.1) is 0 Å². The van der Waals surface area contributed by atoms with Crippen LogP contribution in [0.4, 0.5) is 5.82 Å². The monoisotopic (exact) mass is 431 g/mol. The summed E-state index contributed by atoms with van der Waals surface area (Å²) < 4.78 is 1.85. The van der Waals surface area contributed by atoms with E-state index >= 15 is 0 Å². The fourth-order valence-corrected chi connectivity index (χ4v) is 3.44. The number of carbonyl (C=O) groups excluding carboxylic acids is 1. The number of amides is 1. The van der Waals surface area contributed by atoms with Gasteiger partial charge in [0.05, 0.1) is 10.9 Å². The lowest BCUT2D eigenvalue weighted by atomic mass is 10.1. The van der Waals surface area contributed by atoms with Gasteiger partial charge in [-0.25, -0.2) is 14.6 Å². The van der Waals surface area contributed by atoms with Crippen LogP contribution < -0.4 is 16.4 Å². The summed E-state index contributed by atoms with van der Waals surface area (Å²) in [5.74, 6) is -0.0488. The second-order valence-corrected chi connectivity index (χ2v) is 8.36. The zero-order valence-corrected chi connectivity index (χ0v) is 18.3. The van der Waals surface area contributed by atoms with E-state index in [0.29, 0.717) is 28.2 Å². The maximum Gasteiger partial charge on any atom is 0.273 e. The number of anilines is 1. The Labute approximate surface area is 184 Å². The summed E-state index contributed by atoms with van der Waals surface area (Å²) in [5.41, 5.74) is 9.18. The maximum absolute atomic E-state index is 12.5. The lowest BCUT2D eigenvalue weighted by Crippen LogP contribution is -2.28. The van der Waals surface area contributed by atoms with Crippen molar-refractivity contribution in [3.63, 3.8) is 0 Å². The van der Waals surface area contributed by atoms with Crippen molar-refractivity contribution in [2.24, 2.45) is 0 Å². The van der Waals surface area contributed by atoms with Gasteiger partial charge in [-0.2, -0.15) is 5.10 Å². The first-order valence-corrected chi connectivity index (χ1v) is 10.1. The lowest BCUT2D eigenvalue weighted by Gasteiger charge is -2.19. The van der Waals surface area contributed by atoms with Crippen LogP contribution in [0.5, 0.6) is 0 Å². The first-order valence-electron chi connectivity index (χ1n) is 10.1. The molecule has 1 amide bonds. The number of rotatable bonds is 4. The van der Waals surface area contributed by atoms with Gasteiger partial charge in [0.15, 0.2) is 5.65 Å². The molecule has 0 saturated heterocycles. The molecule has 32 heavy (non-hydrogen) atoms. The fraction of sp³-hybridized carbons (Fsp3) is 0.227. The Kier molecular flexibility index (Phi) is 5.13. The summed E-state index contributed by atoms with van der Waals surface area (Å²) in [6.45, 7) is 6.14. The summed E-state index contributed by atoms with van der Waals surface area (Å²) in [6.07, 6.45) is 4.46. The number of carbonyl (C=O) groups is 1. The highest BCUT2D eigenvalue weighted by Gasteiger charge is 2.24. The SMILES string of the molecule is CN/C=C\C(=N)NC(=O)c1cc2ccc(-c3nn(C(C)(C)C)c4ncnc(N)c34)cc2[nH]1. The summed E-state index contributed by atoms with van der Waals surface area (Å²) >= 11 is 0. The average Bonchev–Trinajstić information content (AvgIpc) is 3.34. The molecule has 0 fully saturated rings. The molecule has 0 aliphatic heterocycles. The van der Waals surface area contributed by atoms with Gasteiger partial charge in [0.2, 0.25) is 0 Å². The van der Waals surface area contributed by atoms with Crippen molar-refractivity contribution in [3.05, 3.63) is 48.6 Å². The van der Waals surface area contributed by atoms with E-state index in [1.165, 1.54) is 12.4 Å². The zero-order chi connectivity index (χ0) is 23.0. The van der Waals surface area contributed by atoms with Gasteiger partial charge in [-0.3, -0.25) is 10.2 Å². The van der Waals surface area contributed by atoms with Crippen LogP contribution in [0.25, 0.3) is 33.2 Å². The Morgan fingerprint density at radius 2 is 2.03 bits per heavy atom. The minimum atomic E-state index is -0.395. The molecule has 0 unspecified atom stereocenters. The third-order valence-corrected chi connectivity index (χ3v) is 4.93. The first kappa shape index (κ1) is 21.0. The van der Waals surface area contributed by atoms with Crippen LogP contribution in [-0.2, 0) is 5.54 Å². The number of nitrogens with two attached hydrogens (primary N) is 1. The molecule has 4 rings (SSSR count). The molecule has 0 aliphatic carbocycles. The molecular formula is C22H25N9O. The van der Waals surface area contributed by atoms with Crippen LogP contribution in [0.2, 0.25) is 0 Å². The average molecular weight is 432 g/mol. The Morgan fingerprint density at radius 1 is 1.25 bits per heavy atom. The summed E-state index contributed by atoms with van der Waals surface area (Å²) in [4.78, 5) is 24.2. The Hall–Kier alpha value is -4.21. The number of nitrogens with one attached hydrogen (secondary N) is 4. The number of amidine groups is 1. The molecule has 3 heterocycles. The van der Waals surface area contributed by atoms with E-state index in [2.05, 4.69) is 25.6 Å². The van der Waals surface area contributed by atoms with Gasteiger partial charge in [0, 0.05) is 23.5 Å². The number of H-pyrrole nitrogens is 1. The highest BCUT2D eigenvalue weighted by Crippen LogP contribution is 2.34. The van der Waals surface area contributed by atoms with E-state index in [0.717, 1.165) is 16.5 Å². The molecule has 0 radical (unpaired) electrons. The number of aromatic amines is 1. The fourth-order valence-electron chi connectivity index (χ4n) is 3.44. The molecule has 164 valence electrons. The Balaban J connectivity index is 1.76. The quantitative estimate of drug-likeness (QED) is 0.248. The van der Waals surface area contributed by atoms with E-state index < -0.39 is 5.91 Å². The normalized spacial score (nSPS) is 12.0. The van der Waals surface area contributed by atoms with Crippen molar-refractivity contribution in [2.75, 3.05) is 12.8 Å². The largest absolute Gasteiger partial charge is 0.394 e. The van der Waals surface area contributed by atoms with Gasteiger partial charge in [0.1, 0.15) is 29.4 Å². The van der Waals surface area contributed by atoms with Crippen molar-refractivity contribution in [2.45, 2.75) is 26.3 Å². The van der Waals surface area contributed by atoms with Crippen LogP contribution >= 0.6 is 0 Å². The van der Waals surface area contributed by atoms with Crippen molar-refractivity contribution in [1.82, 2.24) is 35.4 Å².